The lowest BCUT2D eigenvalue weighted by molar-refractivity contribution is 0.588. The van der Waals surface area contributed by atoms with E-state index in [0.29, 0.717) is 10.9 Å². The van der Waals surface area contributed by atoms with Crippen LogP contribution in [-0.4, -0.2) is 33.0 Å². The van der Waals surface area contributed by atoms with Crippen LogP contribution in [0.4, 0.5) is 11.4 Å². The van der Waals surface area contributed by atoms with Gasteiger partial charge in [0.15, 0.2) is 0 Å². The molecule has 1 fully saturated rings. The van der Waals surface area contributed by atoms with Crippen LogP contribution in [0.15, 0.2) is 23.1 Å². The van der Waals surface area contributed by atoms with Crippen molar-refractivity contribution in [1.82, 2.24) is 4.72 Å². The number of hydrogen-bond acceptors (Lipinski definition) is 5. The Morgan fingerprint density at radius 1 is 1.47 bits per heavy atom. The third-order valence-corrected chi connectivity index (χ3v) is 5.96. The maximum Gasteiger partial charge on any atom is 0.240 e. The molecule has 1 aliphatic rings. The summed E-state index contributed by atoms with van der Waals surface area (Å²) in [6.07, 6.45) is 2.50. The van der Waals surface area contributed by atoms with Crippen LogP contribution in [0.25, 0.3) is 0 Å². The fourth-order valence-corrected chi connectivity index (χ4v) is 3.98. The molecule has 0 radical (unpaired) electrons. The Balaban J connectivity index is 2.06. The standard InChI is InChI=1S/C12H19N3O2S2/c1-14-19(16,17)10-4-5-12(11(13)7-10)15-8-9-3-2-6-18-9/h4-5,7,9,14-15H,2-3,6,8,13H2,1H3. The van der Waals surface area contributed by atoms with Gasteiger partial charge in [-0.25, -0.2) is 13.1 Å². The van der Waals surface area contributed by atoms with Crippen molar-refractivity contribution in [2.24, 2.45) is 0 Å². The molecule has 1 heterocycles. The first-order chi connectivity index (χ1) is 9.03. The molecule has 1 aliphatic heterocycles. The van der Waals surface area contributed by atoms with Crippen LogP contribution in [-0.2, 0) is 10.0 Å². The molecular weight excluding hydrogens is 282 g/mol. The molecule has 0 amide bonds. The minimum atomic E-state index is -3.43. The molecule has 0 aliphatic carbocycles. The van der Waals surface area contributed by atoms with Gasteiger partial charge in [-0.1, -0.05) is 0 Å². The van der Waals surface area contributed by atoms with Gasteiger partial charge in [0.25, 0.3) is 0 Å². The number of thioether (sulfide) groups is 1. The first-order valence-electron chi connectivity index (χ1n) is 6.21. The average molecular weight is 301 g/mol. The first kappa shape index (κ1) is 14.5. The van der Waals surface area contributed by atoms with Crippen LogP contribution in [0.5, 0.6) is 0 Å². The molecule has 1 aromatic rings. The van der Waals surface area contributed by atoms with Crippen molar-refractivity contribution in [3.8, 4) is 0 Å². The predicted octanol–water partition coefficient (Wildman–Crippen LogP) is 1.48. The Labute approximate surface area is 118 Å². The first-order valence-corrected chi connectivity index (χ1v) is 8.74. The number of nitrogens with one attached hydrogen (secondary N) is 2. The summed E-state index contributed by atoms with van der Waals surface area (Å²) in [5.41, 5.74) is 7.15. The molecule has 0 saturated carbocycles. The summed E-state index contributed by atoms with van der Waals surface area (Å²) in [6.45, 7) is 0.868. The minimum Gasteiger partial charge on any atom is -0.397 e. The second-order valence-electron chi connectivity index (χ2n) is 4.47. The van der Waals surface area contributed by atoms with Crippen molar-refractivity contribution >= 4 is 33.2 Å². The number of nitrogen functional groups attached to an aromatic ring is 1. The summed E-state index contributed by atoms with van der Waals surface area (Å²) in [7, 11) is -2.05. The monoisotopic (exact) mass is 301 g/mol. The number of nitrogens with two attached hydrogens (primary N) is 1. The van der Waals surface area contributed by atoms with Gasteiger partial charge >= 0.3 is 0 Å². The SMILES string of the molecule is CNS(=O)(=O)c1ccc(NCC2CCCS2)c(N)c1. The predicted molar refractivity (Wildman–Crippen MR) is 81.1 cm³/mol. The Morgan fingerprint density at radius 2 is 2.26 bits per heavy atom. The normalized spacial score (nSPS) is 19.5. The van der Waals surface area contributed by atoms with Gasteiger partial charge in [0.1, 0.15) is 0 Å². The Kier molecular flexibility index (Phi) is 4.59. The van der Waals surface area contributed by atoms with Gasteiger partial charge in [-0.15, -0.1) is 0 Å². The maximum atomic E-state index is 11.6. The quantitative estimate of drug-likeness (QED) is 0.718. The average Bonchev–Trinajstić information content (AvgIpc) is 2.90. The van der Waals surface area contributed by atoms with Gasteiger partial charge in [0.05, 0.1) is 16.3 Å². The number of rotatable bonds is 5. The van der Waals surface area contributed by atoms with Crippen molar-refractivity contribution < 1.29 is 8.42 Å². The fourth-order valence-electron chi connectivity index (χ4n) is 2.02. The van der Waals surface area contributed by atoms with Crippen molar-refractivity contribution in [3.05, 3.63) is 18.2 Å². The smallest absolute Gasteiger partial charge is 0.240 e. The van der Waals surface area contributed by atoms with Gasteiger partial charge in [-0.3, -0.25) is 0 Å². The largest absolute Gasteiger partial charge is 0.397 e. The molecule has 7 heteroatoms. The van der Waals surface area contributed by atoms with Crippen LogP contribution in [0.3, 0.4) is 0 Å². The summed E-state index contributed by atoms with van der Waals surface area (Å²) >= 11 is 1.97. The summed E-state index contributed by atoms with van der Waals surface area (Å²) in [5, 5.41) is 3.92. The highest BCUT2D eigenvalue weighted by Crippen LogP contribution is 2.28. The van der Waals surface area contributed by atoms with Crippen LogP contribution in [0.1, 0.15) is 12.8 Å². The summed E-state index contributed by atoms with van der Waals surface area (Å²) < 4.78 is 25.6. The molecule has 4 N–H and O–H groups in total. The molecule has 1 saturated heterocycles. The highest BCUT2D eigenvalue weighted by molar-refractivity contribution is 8.00. The highest BCUT2D eigenvalue weighted by atomic mass is 32.2. The van der Waals surface area contributed by atoms with E-state index in [1.807, 2.05) is 11.8 Å². The fraction of sp³-hybridized carbons (Fsp3) is 0.500. The van der Waals surface area contributed by atoms with E-state index in [9.17, 15) is 8.42 Å². The lowest BCUT2D eigenvalue weighted by atomic mass is 10.2. The van der Waals surface area contributed by atoms with E-state index in [4.69, 9.17) is 5.73 Å². The molecule has 5 nitrogen and oxygen atoms in total. The van der Waals surface area contributed by atoms with Crippen LogP contribution in [0, 0.1) is 0 Å². The van der Waals surface area contributed by atoms with Gasteiger partial charge in [-0.2, -0.15) is 11.8 Å². The van der Waals surface area contributed by atoms with E-state index in [-0.39, 0.29) is 4.90 Å². The zero-order chi connectivity index (χ0) is 13.9. The van der Waals surface area contributed by atoms with E-state index in [2.05, 4.69) is 10.0 Å². The second kappa shape index (κ2) is 6.02. The molecule has 1 atom stereocenters. The van der Waals surface area contributed by atoms with E-state index in [1.165, 1.54) is 31.7 Å². The Morgan fingerprint density at radius 3 is 2.84 bits per heavy atom. The lowest BCUT2D eigenvalue weighted by Gasteiger charge is -2.14. The van der Waals surface area contributed by atoms with E-state index in [0.717, 1.165) is 12.2 Å². The lowest BCUT2D eigenvalue weighted by Crippen LogP contribution is -2.19. The minimum absolute atomic E-state index is 0.188. The van der Waals surface area contributed by atoms with Gasteiger partial charge in [-0.05, 0) is 43.8 Å². The zero-order valence-corrected chi connectivity index (χ0v) is 12.5. The molecule has 0 aromatic heterocycles. The number of anilines is 2. The molecule has 106 valence electrons. The zero-order valence-electron chi connectivity index (χ0n) is 10.8. The van der Waals surface area contributed by atoms with Crippen LogP contribution >= 0.6 is 11.8 Å². The molecule has 1 unspecified atom stereocenters. The van der Waals surface area contributed by atoms with Gasteiger partial charge in [0, 0.05) is 11.8 Å². The summed E-state index contributed by atoms with van der Waals surface area (Å²) in [4.78, 5) is 0.188. The molecule has 2 rings (SSSR count). The Bertz CT molecular complexity index is 540. The van der Waals surface area contributed by atoms with E-state index in [1.54, 1.807) is 12.1 Å². The van der Waals surface area contributed by atoms with Crippen molar-refractivity contribution in [2.45, 2.75) is 23.0 Å². The van der Waals surface area contributed by atoms with E-state index >= 15 is 0 Å². The third kappa shape index (κ3) is 3.55. The second-order valence-corrected chi connectivity index (χ2v) is 7.77. The number of sulfonamides is 1. The molecular formula is C12H19N3O2S2. The Hall–Kier alpha value is -0.920. The topological polar surface area (TPSA) is 84.2 Å². The highest BCUT2D eigenvalue weighted by Gasteiger charge is 2.16. The van der Waals surface area contributed by atoms with Crippen molar-refractivity contribution in [2.75, 3.05) is 30.4 Å². The van der Waals surface area contributed by atoms with E-state index < -0.39 is 10.0 Å². The molecule has 0 bridgehead atoms. The van der Waals surface area contributed by atoms with Crippen LogP contribution in [0.2, 0.25) is 0 Å². The summed E-state index contributed by atoms with van der Waals surface area (Å²) in [6, 6.07) is 4.77. The van der Waals surface area contributed by atoms with Crippen molar-refractivity contribution in [1.29, 1.82) is 0 Å². The van der Waals surface area contributed by atoms with Gasteiger partial charge in [0.2, 0.25) is 10.0 Å². The molecule has 1 aromatic carbocycles. The maximum absolute atomic E-state index is 11.6. The number of benzene rings is 1. The molecule has 19 heavy (non-hydrogen) atoms. The molecule has 0 spiro atoms. The summed E-state index contributed by atoms with van der Waals surface area (Å²) in [5.74, 6) is 1.22. The number of hydrogen-bond donors (Lipinski definition) is 3. The van der Waals surface area contributed by atoms with Crippen LogP contribution < -0.4 is 15.8 Å². The van der Waals surface area contributed by atoms with Gasteiger partial charge < -0.3 is 11.1 Å². The van der Waals surface area contributed by atoms with Crippen molar-refractivity contribution in [3.63, 3.8) is 0 Å². The third-order valence-electron chi connectivity index (χ3n) is 3.15.